The molecule has 2 aromatic carbocycles. The summed E-state index contributed by atoms with van der Waals surface area (Å²) >= 11 is 0. The van der Waals surface area contributed by atoms with Crippen molar-refractivity contribution in [1.29, 1.82) is 0 Å². The van der Waals surface area contributed by atoms with E-state index in [2.05, 4.69) is 0 Å². The van der Waals surface area contributed by atoms with Gasteiger partial charge in [-0.1, -0.05) is 36.4 Å². The average molecular weight is 233 g/mol. The molecule has 0 unspecified atom stereocenters. The van der Waals surface area contributed by atoms with Crippen LogP contribution in [0.15, 0.2) is 60.7 Å². The van der Waals surface area contributed by atoms with Crippen LogP contribution in [0.25, 0.3) is 0 Å². The molecule has 0 aliphatic carbocycles. The van der Waals surface area contributed by atoms with Gasteiger partial charge in [0.25, 0.3) is 0 Å². The fourth-order valence-corrected chi connectivity index (χ4v) is 1.49. The highest BCUT2D eigenvalue weighted by atomic mass is 35.5. The summed E-state index contributed by atoms with van der Waals surface area (Å²) in [5.41, 5.74) is 2.41. The molecule has 0 atom stereocenters. The molecule has 0 aliphatic heterocycles. The molecule has 3 heteroatoms. The van der Waals surface area contributed by atoms with Crippen molar-refractivity contribution >= 4 is 5.71 Å². The van der Waals surface area contributed by atoms with Crippen LogP contribution in [0.4, 0.5) is 0 Å². The second kappa shape index (κ2) is 5.93. The van der Waals surface area contributed by atoms with Crippen LogP contribution in [0.1, 0.15) is 11.1 Å². The summed E-state index contributed by atoms with van der Waals surface area (Å²) in [6.45, 7) is 0. The lowest BCUT2D eigenvalue weighted by Crippen LogP contribution is -3.00. The molecule has 16 heavy (non-hydrogen) atoms. The maximum atomic E-state index is 10.9. The van der Waals surface area contributed by atoms with Gasteiger partial charge in [-0.25, -0.2) is 5.16 Å². The molecular weight excluding hydrogens is 222 g/mol. The Morgan fingerprint density at radius 2 is 1.12 bits per heavy atom. The van der Waals surface area contributed by atoms with Gasteiger partial charge in [-0.05, 0) is 24.3 Å². The van der Waals surface area contributed by atoms with Gasteiger partial charge in [0.05, 0.1) is 0 Å². The Bertz CT molecular complexity index is 412. The molecule has 0 fully saturated rings. The van der Waals surface area contributed by atoms with E-state index < -0.39 is 0 Å². The van der Waals surface area contributed by atoms with Crippen molar-refractivity contribution in [1.82, 2.24) is 0 Å². The van der Waals surface area contributed by atoms with Crippen LogP contribution in [0.3, 0.4) is 0 Å². The van der Waals surface area contributed by atoms with Gasteiger partial charge in [0.1, 0.15) is 0 Å². The van der Waals surface area contributed by atoms with Crippen LogP contribution >= 0.6 is 0 Å². The van der Waals surface area contributed by atoms with Gasteiger partial charge in [0, 0.05) is 11.1 Å². The summed E-state index contributed by atoms with van der Waals surface area (Å²) < 4.78 is 0. The molecule has 2 rings (SSSR count). The predicted molar refractivity (Wildman–Crippen MR) is 60.4 cm³/mol. The minimum Gasteiger partial charge on any atom is -1.00 e. The number of nitrogens with one attached hydrogen (secondary N) is 1. The highest BCUT2D eigenvalue weighted by Crippen LogP contribution is 2.06. The molecule has 82 valence electrons. The first-order valence-corrected chi connectivity index (χ1v) is 4.78. The maximum Gasteiger partial charge on any atom is 0.223 e. The van der Waals surface area contributed by atoms with Crippen LogP contribution in [-0.2, 0) is 0 Å². The third-order valence-corrected chi connectivity index (χ3v) is 2.23. The van der Waals surface area contributed by atoms with Crippen molar-refractivity contribution in [3.05, 3.63) is 77.0 Å². The van der Waals surface area contributed by atoms with E-state index >= 15 is 0 Å². The summed E-state index contributed by atoms with van der Waals surface area (Å²) in [7, 11) is 0. The third-order valence-electron chi connectivity index (χ3n) is 2.23. The molecular formula is C13H11ClNO-. The zero-order valence-electron chi connectivity index (χ0n) is 8.56. The first-order valence-electron chi connectivity index (χ1n) is 4.78. The van der Waals surface area contributed by atoms with Crippen LogP contribution in [-0.4, -0.2) is 5.71 Å². The Morgan fingerprint density at radius 3 is 1.44 bits per heavy atom. The van der Waals surface area contributed by atoms with Crippen molar-refractivity contribution < 1.29 is 17.6 Å². The lowest BCUT2D eigenvalue weighted by atomic mass is 10.0. The van der Waals surface area contributed by atoms with Crippen molar-refractivity contribution in [2.45, 2.75) is 0 Å². The largest absolute Gasteiger partial charge is 1.00 e. The summed E-state index contributed by atoms with van der Waals surface area (Å²) in [5.74, 6) is 0. The molecule has 0 saturated heterocycles. The van der Waals surface area contributed by atoms with Crippen LogP contribution < -0.4 is 17.6 Å². The Morgan fingerprint density at radius 1 is 0.750 bits per heavy atom. The lowest BCUT2D eigenvalue weighted by Gasteiger charge is -2.01. The number of rotatable bonds is 2. The number of benzene rings is 2. The van der Waals surface area contributed by atoms with Crippen molar-refractivity contribution in [2.75, 3.05) is 0 Å². The second-order valence-electron chi connectivity index (χ2n) is 3.21. The smallest absolute Gasteiger partial charge is 0.223 e. The third kappa shape index (κ3) is 2.61. The number of halogens is 1. The second-order valence-corrected chi connectivity index (χ2v) is 3.21. The molecule has 0 amide bonds. The molecule has 2 aromatic rings. The first kappa shape index (κ1) is 12.3. The highest BCUT2D eigenvalue weighted by Gasteiger charge is 2.09. The predicted octanol–water partition coefficient (Wildman–Crippen LogP) is -1.89. The van der Waals surface area contributed by atoms with Gasteiger partial charge in [0.2, 0.25) is 5.71 Å². The molecule has 0 bridgehead atoms. The van der Waals surface area contributed by atoms with Crippen LogP contribution in [0.5, 0.6) is 0 Å². The molecule has 0 aliphatic rings. The zero-order valence-corrected chi connectivity index (χ0v) is 9.32. The standard InChI is InChI=1S/C13H11NO.ClH/c15-14-13(11-7-3-1-4-8-11)12-9-5-2-6-10-12;/h1-10,14H;1H/p-1. The monoisotopic (exact) mass is 232 g/mol. The van der Waals surface area contributed by atoms with E-state index in [1.807, 2.05) is 65.8 Å². The summed E-state index contributed by atoms with van der Waals surface area (Å²) in [4.78, 5) is 0. The summed E-state index contributed by atoms with van der Waals surface area (Å²) in [6, 6.07) is 19.1. The first-order chi connectivity index (χ1) is 7.42. The molecule has 1 N–H and O–H groups in total. The van der Waals surface area contributed by atoms with Crippen molar-refractivity contribution in [2.24, 2.45) is 0 Å². The summed E-state index contributed by atoms with van der Waals surface area (Å²) in [5, 5.41) is 12.9. The Hall–Kier alpha value is -1.80. The van der Waals surface area contributed by atoms with Gasteiger partial charge < -0.3 is 17.6 Å². The lowest BCUT2D eigenvalue weighted by molar-refractivity contribution is -0.371. The average Bonchev–Trinajstić information content (AvgIpc) is 2.33. The Labute approximate surface area is 101 Å². The normalized spacial score (nSPS) is 9.00. The van der Waals surface area contributed by atoms with Gasteiger partial charge in [0.15, 0.2) is 0 Å². The van der Waals surface area contributed by atoms with E-state index in [1.54, 1.807) is 0 Å². The van der Waals surface area contributed by atoms with E-state index in [4.69, 9.17) is 0 Å². The maximum absolute atomic E-state index is 10.9. The quantitative estimate of drug-likeness (QED) is 0.367. The van der Waals surface area contributed by atoms with E-state index in [-0.39, 0.29) is 12.4 Å². The van der Waals surface area contributed by atoms with Crippen molar-refractivity contribution in [3.8, 4) is 0 Å². The summed E-state index contributed by atoms with van der Waals surface area (Å²) in [6.07, 6.45) is 0. The van der Waals surface area contributed by atoms with E-state index in [1.165, 1.54) is 0 Å². The van der Waals surface area contributed by atoms with E-state index in [9.17, 15) is 5.21 Å². The van der Waals surface area contributed by atoms with Crippen molar-refractivity contribution in [3.63, 3.8) is 0 Å². The Balaban J connectivity index is 0.00000128. The van der Waals surface area contributed by atoms with E-state index in [0.717, 1.165) is 11.1 Å². The van der Waals surface area contributed by atoms with E-state index in [0.29, 0.717) is 5.71 Å². The van der Waals surface area contributed by atoms with Gasteiger partial charge in [-0.2, -0.15) is 0 Å². The topological polar surface area (TPSA) is 37.0 Å². The fourth-order valence-electron chi connectivity index (χ4n) is 1.49. The molecule has 0 saturated carbocycles. The molecule has 0 heterocycles. The molecule has 0 aromatic heterocycles. The molecule has 0 spiro atoms. The van der Waals surface area contributed by atoms with Gasteiger partial charge in [-0.3, -0.25) is 0 Å². The van der Waals surface area contributed by atoms with Crippen LogP contribution in [0, 0.1) is 5.21 Å². The Kier molecular flexibility index (Phi) is 4.55. The van der Waals surface area contributed by atoms with Gasteiger partial charge >= 0.3 is 0 Å². The molecule has 2 nitrogen and oxygen atoms in total. The minimum absolute atomic E-state index is 0. The minimum atomic E-state index is 0. The fraction of sp³-hybridized carbons (Fsp3) is 0. The van der Waals surface area contributed by atoms with Crippen LogP contribution in [0.2, 0.25) is 0 Å². The van der Waals surface area contributed by atoms with Gasteiger partial charge in [-0.15, -0.1) is 0 Å². The molecule has 0 radical (unpaired) electrons. The number of hydrogen-bond donors (Lipinski definition) is 1. The number of hydrogen-bond acceptors (Lipinski definition) is 1. The highest BCUT2D eigenvalue weighted by molar-refractivity contribution is 6.09. The zero-order chi connectivity index (χ0) is 10.5. The SMILES string of the molecule is [Cl-].[O-][NH+]=C(c1ccccc1)c1ccccc1.